The molecular formula is C21H34BrIN4O. The lowest BCUT2D eigenvalue weighted by Gasteiger charge is -2.34. The molecule has 0 aliphatic carbocycles. The maximum atomic E-state index is 12.5. The summed E-state index contributed by atoms with van der Waals surface area (Å²) >= 11 is 3.50. The highest BCUT2D eigenvalue weighted by Crippen LogP contribution is 2.18. The van der Waals surface area contributed by atoms with Crippen molar-refractivity contribution < 1.29 is 4.79 Å². The van der Waals surface area contributed by atoms with Crippen LogP contribution in [0.3, 0.4) is 0 Å². The van der Waals surface area contributed by atoms with Crippen molar-refractivity contribution in [2.75, 3.05) is 20.1 Å². The summed E-state index contributed by atoms with van der Waals surface area (Å²) < 4.78 is 1.10. The lowest BCUT2D eigenvalue weighted by molar-refractivity contribution is -0.136. The molecule has 1 aliphatic rings. The van der Waals surface area contributed by atoms with Crippen LogP contribution in [0.15, 0.2) is 27.7 Å². The Morgan fingerprint density at radius 3 is 2.46 bits per heavy atom. The van der Waals surface area contributed by atoms with Crippen molar-refractivity contribution in [1.29, 1.82) is 0 Å². The Morgan fingerprint density at radius 2 is 1.93 bits per heavy atom. The molecule has 0 aromatic heterocycles. The first-order valence-corrected chi connectivity index (χ1v) is 10.8. The Kier molecular flexibility index (Phi) is 11.4. The molecule has 0 radical (unpaired) electrons. The van der Waals surface area contributed by atoms with Gasteiger partial charge in [-0.05, 0) is 55.9 Å². The summed E-state index contributed by atoms with van der Waals surface area (Å²) in [5, 5.41) is 6.92. The van der Waals surface area contributed by atoms with E-state index in [1.807, 2.05) is 4.90 Å². The third kappa shape index (κ3) is 7.21. The molecule has 0 bridgehead atoms. The molecule has 0 atom stereocenters. The zero-order valence-corrected chi connectivity index (χ0v) is 21.3. The molecule has 1 aromatic rings. The van der Waals surface area contributed by atoms with Crippen LogP contribution in [-0.4, -0.2) is 42.9 Å². The lowest BCUT2D eigenvalue weighted by Crippen LogP contribution is -2.50. The summed E-state index contributed by atoms with van der Waals surface area (Å²) in [5.74, 6) is 1.33. The van der Waals surface area contributed by atoms with Crippen LogP contribution in [-0.2, 0) is 11.3 Å². The van der Waals surface area contributed by atoms with Crippen LogP contribution in [0.5, 0.6) is 0 Å². The van der Waals surface area contributed by atoms with Gasteiger partial charge in [-0.1, -0.05) is 35.8 Å². The third-order valence-corrected chi connectivity index (χ3v) is 5.95. The number of carbonyl (C=O) groups is 1. The summed E-state index contributed by atoms with van der Waals surface area (Å²) in [6, 6.07) is 6.67. The molecule has 1 heterocycles. The number of amides is 1. The fourth-order valence-corrected chi connectivity index (χ4v) is 4.04. The molecule has 1 fully saturated rings. The number of guanidine groups is 1. The number of hydrogen-bond acceptors (Lipinski definition) is 2. The Balaban J connectivity index is 0.00000392. The quantitative estimate of drug-likeness (QED) is 0.304. The van der Waals surface area contributed by atoms with Crippen LogP contribution < -0.4 is 10.6 Å². The molecule has 0 spiro atoms. The predicted octanol–water partition coefficient (Wildman–Crippen LogP) is 4.47. The van der Waals surface area contributed by atoms with Gasteiger partial charge in [0, 0.05) is 43.1 Å². The van der Waals surface area contributed by atoms with Crippen LogP contribution >= 0.6 is 39.9 Å². The second-order valence-electron chi connectivity index (χ2n) is 7.25. The normalized spacial score (nSPS) is 15.4. The minimum atomic E-state index is 0. The van der Waals surface area contributed by atoms with E-state index in [9.17, 15) is 4.79 Å². The first kappa shape index (κ1) is 25.2. The van der Waals surface area contributed by atoms with Crippen molar-refractivity contribution in [3.63, 3.8) is 0 Å². The zero-order chi connectivity index (χ0) is 19.8. The lowest BCUT2D eigenvalue weighted by atomic mass is 9.98. The molecule has 5 nitrogen and oxygen atoms in total. The van der Waals surface area contributed by atoms with E-state index < -0.39 is 0 Å². The van der Waals surface area contributed by atoms with Gasteiger partial charge < -0.3 is 15.5 Å². The molecule has 158 valence electrons. The Hall–Kier alpha value is -0.830. The second-order valence-corrected chi connectivity index (χ2v) is 8.17. The van der Waals surface area contributed by atoms with E-state index in [1.54, 1.807) is 7.05 Å². The van der Waals surface area contributed by atoms with Gasteiger partial charge in [-0.3, -0.25) is 9.79 Å². The SMILES string of the molecule is CCC(CC)C(=O)N1CCC(NC(=NC)NCc2ccc(Br)cc2C)CC1.I. The van der Waals surface area contributed by atoms with Crippen molar-refractivity contribution >= 4 is 51.8 Å². The van der Waals surface area contributed by atoms with E-state index in [4.69, 9.17) is 0 Å². The fraction of sp³-hybridized carbons (Fsp3) is 0.619. The smallest absolute Gasteiger partial charge is 0.225 e. The van der Waals surface area contributed by atoms with Crippen molar-refractivity contribution in [2.45, 2.75) is 59.0 Å². The molecule has 2 rings (SSSR count). The van der Waals surface area contributed by atoms with E-state index >= 15 is 0 Å². The van der Waals surface area contributed by atoms with E-state index in [2.05, 4.69) is 70.5 Å². The van der Waals surface area contributed by atoms with Gasteiger partial charge in [-0.15, -0.1) is 24.0 Å². The van der Waals surface area contributed by atoms with Gasteiger partial charge in [-0.25, -0.2) is 0 Å². The van der Waals surface area contributed by atoms with Gasteiger partial charge in [0.25, 0.3) is 0 Å². The van der Waals surface area contributed by atoms with Crippen LogP contribution in [0.25, 0.3) is 0 Å². The standard InChI is InChI=1S/C21H33BrN4O.HI/c1-5-16(6-2)20(27)26-11-9-19(10-12-26)25-21(23-4)24-14-17-7-8-18(22)13-15(17)3;/h7-8,13,16,19H,5-6,9-12,14H2,1-4H3,(H2,23,24,25);1H. The number of aliphatic imine (C=N–C) groups is 1. The first-order valence-electron chi connectivity index (χ1n) is 9.99. The molecule has 1 aromatic carbocycles. The highest BCUT2D eigenvalue weighted by molar-refractivity contribution is 14.0. The van der Waals surface area contributed by atoms with Gasteiger partial charge in [0.2, 0.25) is 5.91 Å². The van der Waals surface area contributed by atoms with E-state index in [-0.39, 0.29) is 29.9 Å². The third-order valence-electron chi connectivity index (χ3n) is 5.46. The van der Waals surface area contributed by atoms with E-state index in [1.165, 1.54) is 11.1 Å². The molecule has 7 heteroatoms. The molecular weight excluding hydrogens is 531 g/mol. The Bertz CT molecular complexity index is 656. The second kappa shape index (κ2) is 12.7. The number of aryl methyl sites for hydroxylation is 1. The average Bonchev–Trinajstić information content (AvgIpc) is 2.67. The van der Waals surface area contributed by atoms with Crippen LogP contribution in [0.1, 0.15) is 50.7 Å². The maximum Gasteiger partial charge on any atom is 0.225 e. The Morgan fingerprint density at radius 1 is 1.29 bits per heavy atom. The molecule has 1 amide bonds. The van der Waals surface area contributed by atoms with Crippen LogP contribution in [0, 0.1) is 12.8 Å². The summed E-state index contributed by atoms with van der Waals surface area (Å²) in [6.45, 7) is 8.72. The van der Waals surface area contributed by atoms with Crippen LogP contribution in [0.2, 0.25) is 0 Å². The van der Waals surface area contributed by atoms with Gasteiger partial charge in [0.05, 0.1) is 0 Å². The van der Waals surface area contributed by atoms with Crippen molar-refractivity contribution in [2.24, 2.45) is 10.9 Å². The molecule has 28 heavy (non-hydrogen) atoms. The van der Waals surface area contributed by atoms with Crippen molar-refractivity contribution in [1.82, 2.24) is 15.5 Å². The number of carbonyl (C=O) groups excluding carboxylic acids is 1. The molecule has 2 N–H and O–H groups in total. The van der Waals surface area contributed by atoms with E-state index in [0.717, 1.165) is 55.7 Å². The number of likely N-dealkylation sites (tertiary alicyclic amines) is 1. The number of nitrogens with zero attached hydrogens (tertiary/aromatic N) is 2. The number of benzene rings is 1. The zero-order valence-electron chi connectivity index (χ0n) is 17.4. The highest BCUT2D eigenvalue weighted by atomic mass is 127. The summed E-state index contributed by atoms with van der Waals surface area (Å²) in [5.41, 5.74) is 2.51. The maximum absolute atomic E-state index is 12.5. The average molecular weight is 565 g/mol. The number of nitrogens with one attached hydrogen (secondary N) is 2. The predicted molar refractivity (Wildman–Crippen MR) is 131 cm³/mol. The summed E-state index contributed by atoms with van der Waals surface area (Å²) in [7, 11) is 1.80. The summed E-state index contributed by atoms with van der Waals surface area (Å²) in [4.78, 5) is 18.9. The number of rotatable bonds is 6. The van der Waals surface area contributed by atoms with Gasteiger partial charge >= 0.3 is 0 Å². The van der Waals surface area contributed by atoms with Crippen LogP contribution in [0.4, 0.5) is 0 Å². The fourth-order valence-electron chi connectivity index (χ4n) is 3.56. The molecule has 0 saturated carbocycles. The topological polar surface area (TPSA) is 56.7 Å². The minimum Gasteiger partial charge on any atom is -0.354 e. The molecule has 1 aliphatic heterocycles. The number of piperidine rings is 1. The number of hydrogen-bond donors (Lipinski definition) is 2. The van der Waals surface area contributed by atoms with Crippen molar-refractivity contribution in [3.8, 4) is 0 Å². The minimum absolute atomic E-state index is 0. The molecule has 0 unspecified atom stereocenters. The van der Waals surface area contributed by atoms with Gasteiger partial charge in [-0.2, -0.15) is 0 Å². The molecule has 1 saturated heterocycles. The monoisotopic (exact) mass is 564 g/mol. The number of halogens is 2. The summed E-state index contributed by atoms with van der Waals surface area (Å²) in [6.07, 6.45) is 3.78. The Labute approximate surface area is 195 Å². The first-order chi connectivity index (χ1) is 13.0. The van der Waals surface area contributed by atoms with E-state index in [0.29, 0.717) is 11.9 Å². The largest absolute Gasteiger partial charge is 0.354 e. The highest BCUT2D eigenvalue weighted by Gasteiger charge is 2.26. The van der Waals surface area contributed by atoms with Gasteiger partial charge in [0.15, 0.2) is 5.96 Å². The van der Waals surface area contributed by atoms with Gasteiger partial charge in [0.1, 0.15) is 0 Å². The van der Waals surface area contributed by atoms with Crippen molar-refractivity contribution in [3.05, 3.63) is 33.8 Å².